The summed E-state index contributed by atoms with van der Waals surface area (Å²) in [6, 6.07) is 0.350. The van der Waals surface area contributed by atoms with Crippen molar-refractivity contribution < 1.29 is 9.47 Å². The maximum atomic E-state index is 6.06. The molecule has 0 spiro atoms. The summed E-state index contributed by atoms with van der Waals surface area (Å²) in [6.45, 7) is 1.44. The van der Waals surface area contributed by atoms with Crippen LogP contribution in [0, 0.1) is 5.92 Å². The number of rotatable bonds is 4. The molecular formula is C17H25N5O2. The molecule has 1 aliphatic heterocycles. The molecule has 2 aromatic heterocycles. The molecule has 0 unspecified atom stereocenters. The number of nitrogen functional groups attached to an aromatic ring is 1. The molecule has 2 aromatic rings. The summed E-state index contributed by atoms with van der Waals surface area (Å²) in [5.74, 6) is 0.971. The Labute approximate surface area is 141 Å². The minimum Gasteiger partial charge on any atom is -0.463 e. The van der Waals surface area contributed by atoms with Crippen molar-refractivity contribution in [1.29, 1.82) is 0 Å². The Hall–Kier alpha value is -1.89. The van der Waals surface area contributed by atoms with Crippen LogP contribution in [0.5, 0.6) is 6.01 Å². The van der Waals surface area contributed by atoms with Crippen LogP contribution in [0.4, 0.5) is 5.82 Å². The summed E-state index contributed by atoms with van der Waals surface area (Å²) in [5, 5.41) is 0. The van der Waals surface area contributed by atoms with Crippen LogP contribution < -0.4 is 10.5 Å². The number of fused-ring (bicyclic) bond motifs is 1. The minimum atomic E-state index is -0.0238. The second-order valence-electron chi connectivity index (χ2n) is 6.85. The minimum absolute atomic E-state index is 0.0238. The Balaban J connectivity index is 1.55. The molecule has 0 amide bonds. The van der Waals surface area contributed by atoms with Gasteiger partial charge in [-0.1, -0.05) is 19.3 Å². The van der Waals surface area contributed by atoms with E-state index in [4.69, 9.17) is 15.2 Å². The summed E-state index contributed by atoms with van der Waals surface area (Å²) >= 11 is 0. The van der Waals surface area contributed by atoms with Crippen LogP contribution in [-0.2, 0) is 4.74 Å². The Morgan fingerprint density at radius 1 is 1.12 bits per heavy atom. The van der Waals surface area contributed by atoms with Gasteiger partial charge < -0.3 is 15.2 Å². The number of nitrogens with two attached hydrogens (primary N) is 1. The van der Waals surface area contributed by atoms with E-state index in [0.29, 0.717) is 35.5 Å². The maximum Gasteiger partial charge on any atom is 0.320 e. The fourth-order valence-electron chi connectivity index (χ4n) is 3.68. The van der Waals surface area contributed by atoms with Crippen LogP contribution in [0.2, 0.25) is 0 Å². The fraction of sp³-hybridized carbons (Fsp3) is 0.706. The lowest BCUT2D eigenvalue weighted by atomic mass is 9.90. The first-order valence-corrected chi connectivity index (χ1v) is 9.06. The van der Waals surface area contributed by atoms with E-state index in [2.05, 4.69) is 15.0 Å². The predicted octanol–water partition coefficient (Wildman–Crippen LogP) is 3.07. The van der Waals surface area contributed by atoms with Crippen molar-refractivity contribution in [3.8, 4) is 6.01 Å². The normalized spacial score (nSPS) is 22.8. The average Bonchev–Trinajstić information content (AvgIpc) is 3.06. The van der Waals surface area contributed by atoms with Crippen LogP contribution in [-0.4, -0.2) is 32.7 Å². The molecule has 24 heavy (non-hydrogen) atoms. The van der Waals surface area contributed by atoms with Gasteiger partial charge in [0.15, 0.2) is 17.0 Å². The molecule has 1 aliphatic carbocycles. The van der Waals surface area contributed by atoms with Gasteiger partial charge >= 0.3 is 6.01 Å². The van der Waals surface area contributed by atoms with Crippen molar-refractivity contribution in [2.75, 3.05) is 18.9 Å². The zero-order chi connectivity index (χ0) is 16.4. The van der Waals surface area contributed by atoms with Crippen LogP contribution in [0.3, 0.4) is 0 Å². The van der Waals surface area contributed by atoms with Crippen LogP contribution in [0.1, 0.15) is 57.6 Å². The molecule has 3 heterocycles. The van der Waals surface area contributed by atoms with Crippen molar-refractivity contribution in [2.24, 2.45) is 5.92 Å². The highest BCUT2D eigenvalue weighted by Crippen LogP contribution is 2.28. The van der Waals surface area contributed by atoms with Gasteiger partial charge in [0.1, 0.15) is 6.23 Å². The van der Waals surface area contributed by atoms with E-state index in [0.717, 1.165) is 25.9 Å². The molecule has 1 atom stereocenters. The number of nitrogens with zero attached hydrogens (tertiary/aromatic N) is 4. The van der Waals surface area contributed by atoms with Crippen molar-refractivity contribution in [1.82, 2.24) is 19.5 Å². The third-order valence-corrected chi connectivity index (χ3v) is 5.07. The van der Waals surface area contributed by atoms with Crippen LogP contribution in [0.15, 0.2) is 6.33 Å². The third-order valence-electron chi connectivity index (χ3n) is 5.07. The molecule has 130 valence electrons. The Kier molecular flexibility index (Phi) is 4.51. The quantitative estimate of drug-likeness (QED) is 0.926. The van der Waals surface area contributed by atoms with Crippen molar-refractivity contribution in [2.45, 2.75) is 57.6 Å². The molecule has 0 bridgehead atoms. The van der Waals surface area contributed by atoms with E-state index in [1.54, 1.807) is 6.33 Å². The van der Waals surface area contributed by atoms with Crippen molar-refractivity contribution in [3.05, 3.63) is 6.33 Å². The van der Waals surface area contributed by atoms with E-state index < -0.39 is 0 Å². The summed E-state index contributed by atoms with van der Waals surface area (Å²) in [4.78, 5) is 13.2. The molecule has 1 saturated heterocycles. The van der Waals surface area contributed by atoms with Gasteiger partial charge in [-0.15, -0.1) is 0 Å². The molecule has 0 aromatic carbocycles. The van der Waals surface area contributed by atoms with Gasteiger partial charge in [0.25, 0.3) is 0 Å². The zero-order valence-electron chi connectivity index (χ0n) is 14.0. The largest absolute Gasteiger partial charge is 0.463 e. The van der Waals surface area contributed by atoms with Gasteiger partial charge in [-0.25, -0.2) is 4.98 Å². The molecule has 7 heteroatoms. The smallest absolute Gasteiger partial charge is 0.320 e. The van der Waals surface area contributed by atoms with Gasteiger partial charge in [-0.05, 0) is 38.0 Å². The number of hydrogen-bond acceptors (Lipinski definition) is 6. The number of imidazole rings is 1. The molecule has 2 aliphatic rings. The van der Waals surface area contributed by atoms with Crippen LogP contribution >= 0.6 is 0 Å². The fourth-order valence-corrected chi connectivity index (χ4v) is 3.68. The zero-order valence-corrected chi connectivity index (χ0v) is 14.0. The van der Waals surface area contributed by atoms with E-state index in [1.807, 2.05) is 4.57 Å². The van der Waals surface area contributed by atoms with Crippen LogP contribution in [0.25, 0.3) is 11.2 Å². The lowest BCUT2D eigenvalue weighted by Crippen LogP contribution is -2.18. The lowest BCUT2D eigenvalue weighted by Gasteiger charge is -2.24. The van der Waals surface area contributed by atoms with Gasteiger partial charge in [0.2, 0.25) is 0 Å². The highest BCUT2D eigenvalue weighted by molar-refractivity contribution is 5.81. The average molecular weight is 331 g/mol. The summed E-state index contributed by atoms with van der Waals surface area (Å²) in [5.41, 5.74) is 7.38. The number of aromatic nitrogens is 4. The molecule has 7 nitrogen and oxygen atoms in total. The molecule has 2 N–H and O–H groups in total. The summed E-state index contributed by atoms with van der Waals surface area (Å²) < 4.78 is 13.7. The highest BCUT2D eigenvalue weighted by atomic mass is 16.5. The van der Waals surface area contributed by atoms with E-state index >= 15 is 0 Å². The number of anilines is 1. The standard InChI is InChI=1S/C17H25N5O2/c18-15-14-16(22(11-19-14)13-8-4-5-9-23-13)21-17(20-15)24-10-12-6-2-1-3-7-12/h11-13H,1-10H2,(H2,18,20,21)/t13-/m0/s1. The van der Waals surface area contributed by atoms with E-state index in [-0.39, 0.29) is 6.23 Å². The Bertz CT molecular complexity index is 690. The van der Waals surface area contributed by atoms with Gasteiger partial charge in [-0.3, -0.25) is 4.57 Å². The first-order valence-electron chi connectivity index (χ1n) is 9.06. The van der Waals surface area contributed by atoms with Crippen molar-refractivity contribution >= 4 is 17.0 Å². The topological polar surface area (TPSA) is 88.1 Å². The Morgan fingerprint density at radius 3 is 2.75 bits per heavy atom. The highest BCUT2D eigenvalue weighted by Gasteiger charge is 2.21. The number of hydrogen-bond donors (Lipinski definition) is 1. The SMILES string of the molecule is Nc1nc(OCC2CCCCC2)nc2c1ncn2[C@@H]1CCCCO1. The third kappa shape index (κ3) is 3.17. The lowest BCUT2D eigenvalue weighted by molar-refractivity contribution is -0.0298. The van der Waals surface area contributed by atoms with E-state index in [1.165, 1.54) is 32.1 Å². The molecule has 0 radical (unpaired) electrons. The first-order chi connectivity index (χ1) is 11.8. The molecule has 2 fully saturated rings. The molecule has 4 rings (SSSR count). The van der Waals surface area contributed by atoms with Gasteiger partial charge in [0.05, 0.1) is 12.9 Å². The van der Waals surface area contributed by atoms with Crippen molar-refractivity contribution in [3.63, 3.8) is 0 Å². The first kappa shape index (κ1) is 15.6. The summed E-state index contributed by atoms with van der Waals surface area (Å²) in [6.07, 6.45) is 11.3. The molecule has 1 saturated carbocycles. The van der Waals surface area contributed by atoms with E-state index in [9.17, 15) is 0 Å². The second-order valence-corrected chi connectivity index (χ2v) is 6.85. The predicted molar refractivity (Wildman–Crippen MR) is 90.6 cm³/mol. The maximum absolute atomic E-state index is 6.06. The Morgan fingerprint density at radius 2 is 1.96 bits per heavy atom. The second kappa shape index (κ2) is 6.93. The van der Waals surface area contributed by atoms with Gasteiger partial charge in [0, 0.05) is 6.61 Å². The number of ether oxygens (including phenoxy) is 2. The summed E-state index contributed by atoms with van der Waals surface area (Å²) in [7, 11) is 0. The monoisotopic (exact) mass is 331 g/mol. The van der Waals surface area contributed by atoms with Gasteiger partial charge in [-0.2, -0.15) is 9.97 Å². The molecular weight excluding hydrogens is 306 g/mol.